The van der Waals surface area contributed by atoms with E-state index < -0.39 is 0 Å². The van der Waals surface area contributed by atoms with E-state index in [2.05, 4.69) is 31.4 Å². The Morgan fingerprint density at radius 1 is 1.00 bits per heavy atom. The predicted molar refractivity (Wildman–Crippen MR) is 64.8 cm³/mol. The number of rotatable bonds is 10. The highest BCUT2D eigenvalue weighted by atomic mass is 14.9. The van der Waals surface area contributed by atoms with E-state index in [1.54, 1.807) is 0 Å². The standard InChI is InChI=1S/C12H28N2/c1-4-6-7-9-12(3)14-11-8-10-13-5-2/h12-14H,4-11H2,1-3H3. The van der Waals surface area contributed by atoms with E-state index in [1.165, 1.54) is 32.1 Å². The summed E-state index contributed by atoms with van der Waals surface area (Å²) in [5.41, 5.74) is 0. The van der Waals surface area contributed by atoms with Crippen molar-refractivity contribution in [3.8, 4) is 0 Å². The molecule has 2 N–H and O–H groups in total. The van der Waals surface area contributed by atoms with Crippen LogP contribution in [0.2, 0.25) is 0 Å². The molecule has 2 heteroatoms. The van der Waals surface area contributed by atoms with Gasteiger partial charge in [-0.25, -0.2) is 0 Å². The maximum Gasteiger partial charge on any atom is 0.00387 e. The van der Waals surface area contributed by atoms with Crippen LogP contribution in [-0.4, -0.2) is 25.7 Å². The molecule has 0 radical (unpaired) electrons. The van der Waals surface area contributed by atoms with Crippen LogP contribution in [0.1, 0.15) is 52.9 Å². The van der Waals surface area contributed by atoms with Gasteiger partial charge in [0, 0.05) is 6.04 Å². The van der Waals surface area contributed by atoms with Gasteiger partial charge >= 0.3 is 0 Å². The SMILES string of the molecule is CCCCCC(C)NCCCNCC. The molecule has 0 aliphatic rings. The van der Waals surface area contributed by atoms with E-state index in [9.17, 15) is 0 Å². The van der Waals surface area contributed by atoms with Crippen LogP contribution in [0, 0.1) is 0 Å². The van der Waals surface area contributed by atoms with Gasteiger partial charge in [-0.15, -0.1) is 0 Å². The summed E-state index contributed by atoms with van der Waals surface area (Å²) >= 11 is 0. The zero-order valence-electron chi connectivity index (χ0n) is 10.2. The normalized spacial score (nSPS) is 13.1. The lowest BCUT2D eigenvalue weighted by molar-refractivity contribution is 0.478. The predicted octanol–water partition coefficient (Wildman–Crippen LogP) is 2.54. The lowest BCUT2D eigenvalue weighted by atomic mass is 10.1. The molecule has 14 heavy (non-hydrogen) atoms. The van der Waals surface area contributed by atoms with Gasteiger partial charge in [-0.3, -0.25) is 0 Å². The van der Waals surface area contributed by atoms with Crippen molar-refractivity contribution in [2.45, 2.75) is 58.9 Å². The van der Waals surface area contributed by atoms with Crippen molar-refractivity contribution in [1.29, 1.82) is 0 Å². The van der Waals surface area contributed by atoms with Gasteiger partial charge in [0.15, 0.2) is 0 Å². The number of nitrogens with one attached hydrogen (secondary N) is 2. The number of unbranched alkanes of at least 4 members (excludes halogenated alkanes) is 2. The molecule has 0 fully saturated rings. The molecule has 86 valence electrons. The third-order valence-corrected chi connectivity index (χ3v) is 2.51. The topological polar surface area (TPSA) is 24.1 Å². The summed E-state index contributed by atoms with van der Waals surface area (Å²) in [7, 11) is 0. The van der Waals surface area contributed by atoms with Crippen LogP contribution in [0.4, 0.5) is 0 Å². The third kappa shape index (κ3) is 10.0. The fourth-order valence-corrected chi connectivity index (χ4v) is 1.54. The zero-order chi connectivity index (χ0) is 10.6. The molecule has 0 aromatic carbocycles. The monoisotopic (exact) mass is 200 g/mol. The molecule has 0 saturated heterocycles. The quantitative estimate of drug-likeness (QED) is 0.530. The van der Waals surface area contributed by atoms with Crippen LogP contribution in [0.3, 0.4) is 0 Å². The summed E-state index contributed by atoms with van der Waals surface area (Å²) in [5.74, 6) is 0. The molecule has 0 rings (SSSR count). The maximum atomic E-state index is 3.56. The maximum absolute atomic E-state index is 3.56. The Balaban J connectivity index is 3.06. The molecule has 0 spiro atoms. The van der Waals surface area contributed by atoms with E-state index in [0.29, 0.717) is 6.04 Å². The average molecular weight is 200 g/mol. The van der Waals surface area contributed by atoms with Gasteiger partial charge in [-0.1, -0.05) is 33.1 Å². The highest BCUT2D eigenvalue weighted by Gasteiger charge is 1.99. The molecule has 0 heterocycles. The van der Waals surface area contributed by atoms with Gasteiger partial charge in [0.2, 0.25) is 0 Å². The smallest absolute Gasteiger partial charge is 0.00387 e. The zero-order valence-corrected chi connectivity index (χ0v) is 10.2. The molecule has 2 nitrogen and oxygen atoms in total. The second-order valence-electron chi connectivity index (χ2n) is 4.06. The van der Waals surface area contributed by atoms with Gasteiger partial charge in [0.05, 0.1) is 0 Å². The minimum atomic E-state index is 0.697. The summed E-state index contributed by atoms with van der Waals surface area (Å²) in [4.78, 5) is 0. The molecule has 0 amide bonds. The molecule has 0 aliphatic heterocycles. The molecule has 1 atom stereocenters. The molecule has 1 unspecified atom stereocenters. The largest absolute Gasteiger partial charge is 0.317 e. The van der Waals surface area contributed by atoms with Gasteiger partial charge in [-0.2, -0.15) is 0 Å². The second-order valence-corrected chi connectivity index (χ2v) is 4.06. The Kier molecular flexibility index (Phi) is 10.9. The van der Waals surface area contributed by atoms with Crippen LogP contribution in [-0.2, 0) is 0 Å². The van der Waals surface area contributed by atoms with E-state index >= 15 is 0 Å². The van der Waals surface area contributed by atoms with E-state index in [1.807, 2.05) is 0 Å². The Labute approximate surface area is 89.9 Å². The highest BCUT2D eigenvalue weighted by molar-refractivity contribution is 4.61. The lowest BCUT2D eigenvalue weighted by Gasteiger charge is -2.13. The van der Waals surface area contributed by atoms with Crippen LogP contribution in [0.15, 0.2) is 0 Å². The van der Waals surface area contributed by atoms with Crippen molar-refractivity contribution in [2.24, 2.45) is 0 Å². The summed E-state index contributed by atoms with van der Waals surface area (Å²) in [6.45, 7) is 10.1. The van der Waals surface area contributed by atoms with E-state index in [-0.39, 0.29) is 0 Å². The van der Waals surface area contributed by atoms with Gasteiger partial charge in [0.25, 0.3) is 0 Å². The molecule has 0 aromatic heterocycles. The van der Waals surface area contributed by atoms with Gasteiger partial charge < -0.3 is 10.6 Å². The van der Waals surface area contributed by atoms with E-state index in [4.69, 9.17) is 0 Å². The fraction of sp³-hybridized carbons (Fsp3) is 1.00. The molecule has 0 aliphatic carbocycles. The molecular formula is C12H28N2. The lowest BCUT2D eigenvalue weighted by Crippen LogP contribution is -2.29. The molecule has 0 aromatic rings. The number of hydrogen-bond donors (Lipinski definition) is 2. The summed E-state index contributed by atoms with van der Waals surface area (Å²) in [6, 6.07) is 0.697. The first-order valence-electron chi connectivity index (χ1n) is 6.25. The Morgan fingerprint density at radius 2 is 1.79 bits per heavy atom. The first kappa shape index (κ1) is 13.9. The van der Waals surface area contributed by atoms with Crippen molar-refractivity contribution >= 4 is 0 Å². The Morgan fingerprint density at radius 3 is 2.43 bits per heavy atom. The van der Waals surface area contributed by atoms with Crippen LogP contribution in [0.5, 0.6) is 0 Å². The Hall–Kier alpha value is -0.0800. The Bertz CT molecular complexity index is 104. The van der Waals surface area contributed by atoms with Crippen LogP contribution >= 0.6 is 0 Å². The van der Waals surface area contributed by atoms with Crippen LogP contribution in [0.25, 0.3) is 0 Å². The number of hydrogen-bond acceptors (Lipinski definition) is 2. The fourth-order valence-electron chi connectivity index (χ4n) is 1.54. The first-order valence-corrected chi connectivity index (χ1v) is 6.25. The van der Waals surface area contributed by atoms with Gasteiger partial charge in [-0.05, 0) is 39.4 Å². The summed E-state index contributed by atoms with van der Waals surface area (Å²) < 4.78 is 0. The molecule has 0 bridgehead atoms. The van der Waals surface area contributed by atoms with Gasteiger partial charge in [0.1, 0.15) is 0 Å². The summed E-state index contributed by atoms with van der Waals surface area (Å²) in [6.07, 6.45) is 6.65. The van der Waals surface area contributed by atoms with Crippen molar-refractivity contribution in [1.82, 2.24) is 10.6 Å². The first-order chi connectivity index (χ1) is 6.81. The van der Waals surface area contributed by atoms with Crippen LogP contribution < -0.4 is 10.6 Å². The minimum absolute atomic E-state index is 0.697. The highest BCUT2D eigenvalue weighted by Crippen LogP contribution is 2.02. The van der Waals surface area contributed by atoms with Crippen molar-refractivity contribution in [2.75, 3.05) is 19.6 Å². The van der Waals surface area contributed by atoms with Crippen molar-refractivity contribution in [3.05, 3.63) is 0 Å². The average Bonchev–Trinajstić information content (AvgIpc) is 2.18. The minimum Gasteiger partial charge on any atom is -0.317 e. The van der Waals surface area contributed by atoms with Crippen molar-refractivity contribution in [3.63, 3.8) is 0 Å². The van der Waals surface area contributed by atoms with Crippen molar-refractivity contribution < 1.29 is 0 Å². The third-order valence-electron chi connectivity index (χ3n) is 2.51. The summed E-state index contributed by atoms with van der Waals surface area (Å²) in [5, 5.41) is 6.89. The second kappa shape index (κ2) is 11.0. The molecule has 0 saturated carbocycles. The van der Waals surface area contributed by atoms with E-state index in [0.717, 1.165) is 19.6 Å². The molecular weight excluding hydrogens is 172 g/mol.